The van der Waals surface area contributed by atoms with Crippen molar-refractivity contribution in [3.63, 3.8) is 0 Å². The van der Waals surface area contributed by atoms with E-state index in [9.17, 15) is 4.79 Å². The van der Waals surface area contributed by atoms with Gasteiger partial charge in [0.25, 0.3) is 0 Å². The number of hydrogen-bond acceptors (Lipinski definition) is 3. The van der Waals surface area contributed by atoms with E-state index in [1.165, 1.54) is 5.56 Å². The molecule has 1 aliphatic heterocycles. The molecule has 0 radical (unpaired) electrons. The van der Waals surface area contributed by atoms with Gasteiger partial charge in [0.05, 0.1) is 12.2 Å². The van der Waals surface area contributed by atoms with Gasteiger partial charge in [0.1, 0.15) is 0 Å². The molecule has 0 aliphatic carbocycles. The molecule has 4 nitrogen and oxygen atoms in total. The van der Waals surface area contributed by atoms with E-state index < -0.39 is 0 Å². The van der Waals surface area contributed by atoms with Gasteiger partial charge in [-0.05, 0) is 45.0 Å². The second-order valence-corrected chi connectivity index (χ2v) is 6.36. The second kappa shape index (κ2) is 6.50. The van der Waals surface area contributed by atoms with Gasteiger partial charge in [0.2, 0.25) is 5.91 Å². The molecule has 1 unspecified atom stereocenters. The quantitative estimate of drug-likeness (QED) is 0.874. The van der Waals surface area contributed by atoms with Crippen molar-refractivity contribution in [2.75, 3.05) is 18.0 Å². The maximum absolute atomic E-state index is 12.6. The molecule has 1 amide bonds. The zero-order chi connectivity index (χ0) is 16.4. The van der Waals surface area contributed by atoms with Crippen LogP contribution in [0.3, 0.4) is 0 Å². The van der Waals surface area contributed by atoms with Crippen molar-refractivity contribution in [2.24, 2.45) is 0 Å². The molecule has 1 fully saturated rings. The van der Waals surface area contributed by atoms with Gasteiger partial charge in [-0.2, -0.15) is 0 Å². The fourth-order valence-electron chi connectivity index (χ4n) is 2.98. The number of carbonyl (C=O) groups is 1. The van der Waals surface area contributed by atoms with Gasteiger partial charge in [-0.3, -0.25) is 14.7 Å². The summed E-state index contributed by atoms with van der Waals surface area (Å²) in [5.41, 5.74) is 4.23. The minimum atomic E-state index is 0.152. The fraction of sp³-hybridized carbons (Fsp3) is 0.368. The predicted octanol–water partition coefficient (Wildman–Crippen LogP) is 2.94. The van der Waals surface area contributed by atoms with E-state index in [2.05, 4.69) is 35.9 Å². The topological polar surface area (TPSA) is 36.4 Å². The Morgan fingerprint density at radius 2 is 1.87 bits per heavy atom. The summed E-state index contributed by atoms with van der Waals surface area (Å²) in [6.07, 6.45) is 0. The third-order valence-corrected chi connectivity index (χ3v) is 4.37. The normalized spacial score (nSPS) is 19.2. The largest absolute Gasteiger partial charge is 0.310 e. The molecule has 1 aliphatic rings. The minimum Gasteiger partial charge on any atom is -0.310 e. The monoisotopic (exact) mass is 309 g/mol. The molecule has 23 heavy (non-hydrogen) atoms. The average molecular weight is 309 g/mol. The van der Waals surface area contributed by atoms with E-state index in [4.69, 9.17) is 0 Å². The van der Waals surface area contributed by atoms with Crippen LogP contribution in [0, 0.1) is 13.8 Å². The maximum Gasteiger partial charge on any atom is 0.241 e. The number of nitrogens with zero attached hydrogens (tertiary/aromatic N) is 3. The molecular formula is C19H23N3O. The number of rotatable bonds is 3. The van der Waals surface area contributed by atoms with E-state index in [0.717, 1.165) is 23.6 Å². The van der Waals surface area contributed by atoms with Crippen LogP contribution in [0.1, 0.15) is 23.9 Å². The Labute approximate surface area is 137 Å². The summed E-state index contributed by atoms with van der Waals surface area (Å²) in [7, 11) is 0. The third-order valence-electron chi connectivity index (χ3n) is 4.37. The first-order valence-corrected chi connectivity index (χ1v) is 8.06. The van der Waals surface area contributed by atoms with Crippen molar-refractivity contribution >= 4 is 11.6 Å². The molecule has 1 atom stereocenters. The lowest BCUT2D eigenvalue weighted by Crippen LogP contribution is -2.54. The van der Waals surface area contributed by atoms with Crippen molar-refractivity contribution in [1.29, 1.82) is 0 Å². The van der Waals surface area contributed by atoms with Crippen LogP contribution in [0.4, 0.5) is 5.69 Å². The van der Waals surface area contributed by atoms with Crippen molar-refractivity contribution in [3.8, 4) is 0 Å². The van der Waals surface area contributed by atoms with Gasteiger partial charge >= 0.3 is 0 Å². The number of aromatic nitrogens is 1. The number of piperazine rings is 1. The fourth-order valence-corrected chi connectivity index (χ4v) is 2.98. The molecule has 2 heterocycles. The van der Waals surface area contributed by atoms with Crippen molar-refractivity contribution in [2.45, 2.75) is 33.4 Å². The minimum absolute atomic E-state index is 0.152. The second-order valence-electron chi connectivity index (χ2n) is 6.36. The highest BCUT2D eigenvalue weighted by Crippen LogP contribution is 2.21. The molecule has 3 rings (SSSR count). The summed E-state index contributed by atoms with van der Waals surface area (Å²) in [6.45, 7) is 8.09. The van der Waals surface area contributed by atoms with Crippen LogP contribution >= 0.6 is 0 Å². The number of carbonyl (C=O) groups excluding carboxylic acids is 1. The van der Waals surface area contributed by atoms with Crippen LogP contribution in [0.5, 0.6) is 0 Å². The molecule has 120 valence electrons. The Hall–Kier alpha value is -2.20. The van der Waals surface area contributed by atoms with E-state index in [-0.39, 0.29) is 5.91 Å². The van der Waals surface area contributed by atoms with Gasteiger partial charge in [-0.15, -0.1) is 0 Å². The molecule has 0 spiro atoms. The summed E-state index contributed by atoms with van der Waals surface area (Å²) in [4.78, 5) is 21.2. The molecule has 1 saturated heterocycles. The summed E-state index contributed by atoms with van der Waals surface area (Å²) in [5, 5.41) is 0. The zero-order valence-corrected chi connectivity index (χ0v) is 14.0. The summed E-state index contributed by atoms with van der Waals surface area (Å²) in [6, 6.07) is 14.5. The number of benzene rings is 1. The highest BCUT2D eigenvalue weighted by atomic mass is 16.2. The van der Waals surface area contributed by atoms with Crippen LogP contribution in [0.25, 0.3) is 0 Å². The molecule has 0 bridgehead atoms. The van der Waals surface area contributed by atoms with Crippen LogP contribution in [0.2, 0.25) is 0 Å². The van der Waals surface area contributed by atoms with Gasteiger partial charge in [-0.25, -0.2) is 0 Å². The molecule has 1 aromatic carbocycles. The SMILES string of the molecule is Cc1ccc(N2CC(C)N(Cc3cccc(C)n3)CC2=O)cc1. The molecule has 0 N–H and O–H groups in total. The molecule has 2 aromatic rings. The third kappa shape index (κ3) is 3.59. The predicted molar refractivity (Wildman–Crippen MR) is 92.4 cm³/mol. The summed E-state index contributed by atoms with van der Waals surface area (Å²) >= 11 is 0. The molecule has 4 heteroatoms. The van der Waals surface area contributed by atoms with E-state index in [1.807, 2.05) is 42.2 Å². The Kier molecular flexibility index (Phi) is 4.44. The highest BCUT2D eigenvalue weighted by Gasteiger charge is 2.30. The Bertz CT molecular complexity index is 696. The smallest absolute Gasteiger partial charge is 0.241 e. The first-order valence-electron chi connectivity index (χ1n) is 8.06. The Morgan fingerprint density at radius 3 is 2.57 bits per heavy atom. The standard InChI is InChI=1S/C19H23N3O/c1-14-7-9-18(10-8-14)22-11-16(3)21(13-19(22)23)12-17-6-4-5-15(2)20-17/h4-10,16H,11-13H2,1-3H3. The van der Waals surface area contributed by atoms with Crippen molar-refractivity contribution in [1.82, 2.24) is 9.88 Å². The first-order chi connectivity index (χ1) is 11.0. The zero-order valence-electron chi connectivity index (χ0n) is 14.0. The van der Waals surface area contributed by atoms with Crippen molar-refractivity contribution < 1.29 is 4.79 Å². The summed E-state index contributed by atoms with van der Waals surface area (Å²) < 4.78 is 0. The van der Waals surface area contributed by atoms with Gasteiger partial charge in [-0.1, -0.05) is 23.8 Å². The first kappa shape index (κ1) is 15.7. The van der Waals surface area contributed by atoms with E-state index in [0.29, 0.717) is 19.1 Å². The lowest BCUT2D eigenvalue weighted by Gasteiger charge is -2.39. The van der Waals surface area contributed by atoms with Crippen LogP contribution in [-0.2, 0) is 11.3 Å². The van der Waals surface area contributed by atoms with Crippen molar-refractivity contribution in [3.05, 3.63) is 59.4 Å². The highest BCUT2D eigenvalue weighted by molar-refractivity contribution is 5.95. The molecule has 0 saturated carbocycles. The molecular weight excluding hydrogens is 286 g/mol. The van der Waals surface area contributed by atoms with Gasteiger partial charge < -0.3 is 4.90 Å². The van der Waals surface area contributed by atoms with E-state index in [1.54, 1.807) is 0 Å². The lowest BCUT2D eigenvalue weighted by molar-refractivity contribution is -0.122. The maximum atomic E-state index is 12.6. The Balaban J connectivity index is 1.71. The van der Waals surface area contributed by atoms with Crippen LogP contribution in [0.15, 0.2) is 42.5 Å². The van der Waals surface area contributed by atoms with Gasteiger partial charge in [0, 0.05) is 30.5 Å². The lowest BCUT2D eigenvalue weighted by atomic mass is 10.1. The Morgan fingerprint density at radius 1 is 1.13 bits per heavy atom. The van der Waals surface area contributed by atoms with Crippen LogP contribution < -0.4 is 4.90 Å². The van der Waals surface area contributed by atoms with Crippen LogP contribution in [-0.4, -0.2) is 34.9 Å². The number of aryl methyl sites for hydroxylation is 2. The van der Waals surface area contributed by atoms with E-state index >= 15 is 0 Å². The summed E-state index contributed by atoms with van der Waals surface area (Å²) in [5.74, 6) is 0.152. The van der Waals surface area contributed by atoms with Gasteiger partial charge in [0.15, 0.2) is 0 Å². The molecule has 1 aromatic heterocycles. The number of anilines is 1. The number of amides is 1. The number of hydrogen-bond donors (Lipinski definition) is 0. The average Bonchev–Trinajstić information content (AvgIpc) is 2.52. The number of pyridine rings is 1.